The molecule has 2 heterocycles. The molecule has 33 heavy (non-hydrogen) atoms. The summed E-state index contributed by atoms with van der Waals surface area (Å²) < 4.78 is 65.1. The highest BCUT2D eigenvalue weighted by atomic mass is 32.2. The van der Waals surface area contributed by atoms with Crippen LogP contribution in [0.25, 0.3) is 0 Å². The number of aryl methyl sites for hydroxylation is 1. The largest absolute Gasteiger partial charge is 0.469 e. The number of hydrogen-bond donors (Lipinski definition) is 0. The van der Waals surface area contributed by atoms with E-state index >= 15 is 0 Å². The number of carbonyl (C=O) groups is 1. The first-order valence-electron chi connectivity index (χ1n) is 10.1. The zero-order valence-corrected chi connectivity index (χ0v) is 19.1. The summed E-state index contributed by atoms with van der Waals surface area (Å²) in [4.78, 5) is 20.1. The Bertz CT molecular complexity index is 1220. The van der Waals surface area contributed by atoms with Crippen LogP contribution >= 0.6 is 0 Å². The van der Waals surface area contributed by atoms with Crippen LogP contribution in [-0.2, 0) is 32.6 Å². The van der Waals surface area contributed by atoms with Gasteiger partial charge >= 0.3 is 16.1 Å². The lowest BCUT2D eigenvalue weighted by Gasteiger charge is -2.15. The number of methoxy groups -OCH3 is 1. The van der Waals surface area contributed by atoms with Crippen molar-refractivity contribution in [2.24, 2.45) is 0 Å². The van der Waals surface area contributed by atoms with Gasteiger partial charge in [0.2, 0.25) is 0 Å². The summed E-state index contributed by atoms with van der Waals surface area (Å²) in [5.41, 5.74) is 0.936. The van der Waals surface area contributed by atoms with E-state index in [1.54, 1.807) is 38.4 Å². The fraction of sp³-hybridized carbons (Fsp3) is 0.318. The van der Waals surface area contributed by atoms with Crippen LogP contribution in [-0.4, -0.2) is 36.0 Å². The van der Waals surface area contributed by atoms with Gasteiger partial charge in [0.25, 0.3) is 0 Å². The molecule has 0 fully saturated rings. The Labute approximate surface area is 190 Å². The number of carbonyl (C=O) groups excluding carboxylic acids is 1. The third-order valence-electron chi connectivity index (χ3n) is 4.72. The quantitative estimate of drug-likeness (QED) is 0.341. The Morgan fingerprint density at radius 1 is 1.12 bits per heavy atom. The molecule has 0 bridgehead atoms. The second-order valence-corrected chi connectivity index (χ2v) is 9.00. The first-order valence-corrected chi connectivity index (χ1v) is 11.5. The lowest BCUT2D eigenvalue weighted by Crippen LogP contribution is -2.19. The van der Waals surface area contributed by atoms with E-state index in [1.807, 2.05) is 0 Å². The summed E-state index contributed by atoms with van der Waals surface area (Å²) in [6.07, 6.45) is 3.21. The molecule has 0 saturated heterocycles. The van der Waals surface area contributed by atoms with Gasteiger partial charge in [-0.15, -0.1) is 0 Å². The zero-order chi connectivity index (χ0) is 24.2. The van der Waals surface area contributed by atoms with E-state index in [4.69, 9.17) is 4.18 Å². The molecule has 0 unspecified atom stereocenters. The normalized spacial score (nSPS) is 11.6. The number of imidazole rings is 1. The molecule has 1 aromatic carbocycles. The van der Waals surface area contributed by atoms with E-state index in [1.165, 1.54) is 11.7 Å². The van der Waals surface area contributed by atoms with E-state index in [0.29, 0.717) is 11.9 Å². The van der Waals surface area contributed by atoms with Crippen molar-refractivity contribution in [2.45, 2.75) is 44.2 Å². The summed E-state index contributed by atoms with van der Waals surface area (Å²) in [6.45, 7) is 3.60. The van der Waals surface area contributed by atoms with Crippen molar-refractivity contribution >= 4 is 16.1 Å². The third kappa shape index (κ3) is 5.92. The summed E-state index contributed by atoms with van der Waals surface area (Å²) >= 11 is 0. The highest BCUT2D eigenvalue weighted by Gasteiger charge is 2.32. The highest BCUT2D eigenvalue weighted by molar-refractivity contribution is 7.87. The van der Waals surface area contributed by atoms with Crippen LogP contribution in [0.5, 0.6) is 5.75 Å². The predicted octanol–water partition coefficient (Wildman–Crippen LogP) is 3.60. The van der Waals surface area contributed by atoms with E-state index in [-0.39, 0.29) is 36.0 Å². The minimum Gasteiger partial charge on any atom is -0.469 e. The Balaban J connectivity index is 2.13. The SMILES string of the molecule is COC(=O)CCc1nc(C(C)C)c(S(=O)(=O)Oc2cc(F)cc(F)c2)n1Cc1ccncc1. The van der Waals surface area contributed by atoms with Gasteiger partial charge in [0.15, 0.2) is 5.03 Å². The molecule has 0 aliphatic heterocycles. The summed E-state index contributed by atoms with van der Waals surface area (Å²) in [5.74, 6) is -2.95. The van der Waals surface area contributed by atoms with E-state index < -0.39 is 33.5 Å². The molecular formula is C22H23F2N3O5S. The Kier molecular flexibility index (Phi) is 7.42. The van der Waals surface area contributed by atoms with Gasteiger partial charge in [0, 0.05) is 37.0 Å². The number of halogens is 2. The first-order chi connectivity index (χ1) is 15.6. The standard InChI is InChI=1S/C22H23F2N3O5S/c1-14(2)21-22(33(29,30)32-18-11-16(23)10-17(24)12-18)27(13-15-6-8-25-9-7-15)19(26-21)4-5-20(28)31-3/h6-12,14H,4-5,13H2,1-3H3. The molecule has 2 aromatic heterocycles. The fourth-order valence-electron chi connectivity index (χ4n) is 3.23. The lowest BCUT2D eigenvalue weighted by molar-refractivity contribution is -0.140. The van der Waals surface area contributed by atoms with Crippen molar-refractivity contribution in [1.82, 2.24) is 14.5 Å². The Morgan fingerprint density at radius 3 is 2.33 bits per heavy atom. The summed E-state index contributed by atoms with van der Waals surface area (Å²) in [7, 11) is -3.30. The zero-order valence-electron chi connectivity index (χ0n) is 18.3. The first kappa shape index (κ1) is 24.3. The van der Waals surface area contributed by atoms with Gasteiger partial charge < -0.3 is 13.5 Å². The van der Waals surface area contributed by atoms with E-state index in [9.17, 15) is 22.0 Å². The van der Waals surface area contributed by atoms with Crippen molar-refractivity contribution in [3.8, 4) is 5.75 Å². The number of esters is 1. The van der Waals surface area contributed by atoms with Gasteiger partial charge in [-0.2, -0.15) is 8.42 Å². The van der Waals surface area contributed by atoms with Crippen molar-refractivity contribution < 1.29 is 30.9 Å². The molecule has 0 radical (unpaired) electrons. The van der Waals surface area contributed by atoms with Gasteiger partial charge in [-0.05, 0) is 23.6 Å². The van der Waals surface area contributed by atoms with Crippen molar-refractivity contribution in [1.29, 1.82) is 0 Å². The average molecular weight is 480 g/mol. The number of pyridine rings is 1. The van der Waals surface area contributed by atoms with Crippen LogP contribution in [0.3, 0.4) is 0 Å². The van der Waals surface area contributed by atoms with Gasteiger partial charge in [0.05, 0.1) is 25.8 Å². The maximum atomic E-state index is 13.6. The number of rotatable bonds is 9. The number of nitrogens with zero attached hydrogens (tertiary/aromatic N) is 3. The smallest absolute Gasteiger partial charge is 0.357 e. The number of aromatic nitrogens is 3. The molecule has 0 aliphatic carbocycles. The molecule has 8 nitrogen and oxygen atoms in total. The minimum absolute atomic E-state index is 0.0170. The van der Waals surface area contributed by atoms with Crippen LogP contribution in [0.4, 0.5) is 8.78 Å². The van der Waals surface area contributed by atoms with Gasteiger partial charge in [-0.1, -0.05) is 13.8 Å². The van der Waals surface area contributed by atoms with Crippen LogP contribution < -0.4 is 4.18 Å². The second-order valence-electron chi connectivity index (χ2n) is 7.53. The number of ether oxygens (including phenoxy) is 1. The number of benzene rings is 1. The molecule has 11 heteroatoms. The van der Waals surface area contributed by atoms with Crippen molar-refractivity contribution in [2.75, 3.05) is 7.11 Å². The molecule has 0 saturated carbocycles. The Morgan fingerprint density at radius 2 is 1.76 bits per heavy atom. The molecule has 3 aromatic rings. The van der Waals surface area contributed by atoms with Gasteiger partial charge in [-0.3, -0.25) is 9.78 Å². The van der Waals surface area contributed by atoms with Crippen LogP contribution in [0, 0.1) is 11.6 Å². The lowest BCUT2D eigenvalue weighted by atomic mass is 10.1. The minimum atomic E-state index is -4.56. The van der Waals surface area contributed by atoms with Gasteiger partial charge in [0.1, 0.15) is 23.2 Å². The molecule has 0 amide bonds. The van der Waals surface area contributed by atoms with Crippen molar-refractivity contribution in [3.63, 3.8) is 0 Å². The molecule has 0 atom stereocenters. The van der Waals surface area contributed by atoms with Crippen LogP contribution in [0.15, 0.2) is 47.8 Å². The summed E-state index contributed by atoms with van der Waals surface area (Å²) in [6, 6.07) is 5.57. The van der Waals surface area contributed by atoms with Crippen LogP contribution in [0.1, 0.15) is 43.3 Å². The molecule has 0 N–H and O–H groups in total. The maximum Gasteiger partial charge on any atom is 0.357 e. The van der Waals surface area contributed by atoms with E-state index in [2.05, 4.69) is 14.7 Å². The van der Waals surface area contributed by atoms with E-state index in [0.717, 1.165) is 17.7 Å². The molecular weight excluding hydrogens is 456 g/mol. The molecule has 3 rings (SSSR count). The van der Waals surface area contributed by atoms with Crippen molar-refractivity contribution in [3.05, 3.63) is 71.4 Å². The number of hydrogen-bond acceptors (Lipinski definition) is 7. The monoisotopic (exact) mass is 479 g/mol. The summed E-state index contributed by atoms with van der Waals surface area (Å²) in [5, 5.41) is -0.251. The molecule has 176 valence electrons. The predicted molar refractivity (Wildman–Crippen MR) is 114 cm³/mol. The topological polar surface area (TPSA) is 100 Å². The highest BCUT2D eigenvalue weighted by Crippen LogP contribution is 2.29. The second kappa shape index (κ2) is 10.1. The van der Waals surface area contributed by atoms with Gasteiger partial charge in [-0.25, -0.2) is 13.8 Å². The fourth-order valence-corrected chi connectivity index (χ4v) is 4.63. The average Bonchev–Trinajstić information content (AvgIpc) is 3.11. The Hall–Kier alpha value is -3.34. The molecule has 0 spiro atoms. The maximum absolute atomic E-state index is 13.6. The third-order valence-corrected chi connectivity index (χ3v) is 6.04. The van der Waals surface area contributed by atoms with Crippen LogP contribution in [0.2, 0.25) is 0 Å². The molecule has 0 aliphatic rings.